The largest absolute Gasteiger partial charge is 0.348 e. The number of amides is 2. The highest BCUT2D eigenvalue weighted by atomic mass is 16.2. The molecule has 0 spiro atoms. The molecule has 5 aliphatic carbocycles. The fourth-order valence-corrected chi connectivity index (χ4v) is 6.63. The molecule has 3 saturated carbocycles. The Hall–Kier alpha value is -2.67. The summed E-state index contributed by atoms with van der Waals surface area (Å²) in [5, 5.41) is 7.72. The van der Waals surface area contributed by atoms with Gasteiger partial charge in [-0.1, -0.05) is 11.1 Å². The highest BCUT2D eigenvalue weighted by molar-refractivity contribution is 6.01. The highest BCUT2D eigenvalue weighted by Crippen LogP contribution is 2.59. The molecule has 4 fully saturated rings. The van der Waals surface area contributed by atoms with Crippen molar-refractivity contribution in [3.05, 3.63) is 46.8 Å². The highest BCUT2D eigenvalue weighted by Gasteiger charge is 2.47. The molecule has 2 aromatic heterocycles. The zero-order valence-corrected chi connectivity index (χ0v) is 18.4. The average molecular weight is 434 g/mol. The molecule has 4 bridgehead atoms. The van der Waals surface area contributed by atoms with E-state index in [-0.39, 0.29) is 24.3 Å². The Kier molecular flexibility index (Phi) is 4.82. The topological polar surface area (TPSA) is 92.7 Å². The summed E-state index contributed by atoms with van der Waals surface area (Å²) in [4.78, 5) is 27.6. The van der Waals surface area contributed by atoms with E-state index in [0.29, 0.717) is 24.3 Å². The number of pyridine rings is 1. The molecular formula is C25H31N5O2. The van der Waals surface area contributed by atoms with Crippen LogP contribution in [0.4, 0.5) is 0 Å². The number of nitrogens with two attached hydrogens (primary N) is 1. The van der Waals surface area contributed by atoms with Crippen LogP contribution in [-0.4, -0.2) is 52.0 Å². The third kappa shape index (κ3) is 3.43. The SMILES string of the molecule is N[C@@H]1CCCN(C(=O)Cc2cc3c(C(=O)NCC4=C5C6CC(C4)CC5C6)cccn3n2)C1. The number of aromatic nitrogens is 2. The van der Waals surface area contributed by atoms with Gasteiger partial charge in [-0.2, -0.15) is 5.10 Å². The van der Waals surface area contributed by atoms with Crippen LogP contribution in [0.3, 0.4) is 0 Å². The molecule has 0 radical (unpaired) electrons. The molecule has 3 N–H and O–H groups in total. The molecule has 3 heterocycles. The molecule has 2 amide bonds. The Morgan fingerprint density at radius 2 is 2.06 bits per heavy atom. The molecule has 168 valence electrons. The number of hydrogen-bond acceptors (Lipinski definition) is 4. The van der Waals surface area contributed by atoms with Crippen LogP contribution in [0.15, 0.2) is 35.5 Å². The monoisotopic (exact) mass is 433 g/mol. The van der Waals surface area contributed by atoms with E-state index in [1.807, 2.05) is 29.3 Å². The molecule has 1 saturated heterocycles. The fraction of sp³-hybridized carbons (Fsp3) is 0.560. The van der Waals surface area contributed by atoms with Crippen LogP contribution >= 0.6 is 0 Å². The van der Waals surface area contributed by atoms with Crippen LogP contribution in [0.25, 0.3) is 5.52 Å². The van der Waals surface area contributed by atoms with Crippen LogP contribution in [0, 0.1) is 17.8 Å². The van der Waals surface area contributed by atoms with Crippen molar-refractivity contribution in [1.29, 1.82) is 0 Å². The molecule has 1 aliphatic heterocycles. The molecule has 8 rings (SSSR count). The lowest BCUT2D eigenvalue weighted by Gasteiger charge is -2.54. The summed E-state index contributed by atoms with van der Waals surface area (Å²) >= 11 is 0. The number of carbonyl (C=O) groups is 2. The van der Waals surface area contributed by atoms with E-state index in [9.17, 15) is 9.59 Å². The quantitative estimate of drug-likeness (QED) is 0.708. The van der Waals surface area contributed by atoms with Crippen molar-refractivity contribution < 1.29 is 9.59 Å². The van der Waals surface area contributed by atoms with Crippen molar-refractivity contribution in [3.63, 3.8) is 0 Å². The second-order valence-electron chi connectivity index (χ2n) is 10.2. The van der Waals surface area contributed by atoms with Crippen molar-refractivity contribution >= 4 is 17.3 Å². The third-order valence-corrected chi connectivity index (χ3v) is 8.03. The Bertz CT molecular complexity index is 1100. The predicted octanol–water partition coefficient (Wildman–Crippen LogP) is 2.30. The first-order chi connectivity index (χ1) is 15.5. The first-order valence-corrected chi connectivity index (χ1v) is 12.1. The van der Waals surface area contributed by atoms with Gasteiger partial charge in [-0.05, 0) is 74.5 Å². The number of fused-ring (bicyclic) bond motifs is 2. The van der Waals surface area contributed by atoms with Crippen molar-refractivity contribution in [3.8, 4) is 0 Å². The smallest absolute Gasteiger partial charge is 0.253 e. The van der Waals surface area contributed by atoms with Crippen LogP contribution in [0.1, 0.15) is 54.6 Å². The first-order valence-electron chi connectivity index (χ1n) is 12.1. The molecular weight excluding hydrogens is 402 g/mol. The summed E-state index contributed by atoms with van der Waals surface area (Å²) in [6.07, 6.45) is 9.23. The molecule has 0 aromatic carbocycles. The number of nitrogens with one attached hydrogen (secondary N) is 1. The second-order valence-corrected chi connectivity index (χ2v) is 10.2. The Balaban J connectivity index is 1.16. The van der Waals surface area contributed by atoms with Gasteiger partial charge in [0.05, 0.1) is 23.2 Å². The Morgan fingerprint density at radius 3 is 2.84 bits per heavy atom. The summed E-state index contributed by atoms with van der Waals surface area (Å²) in [5.41, 5.74) is 11.2. The Labute approximate surface area is 188 Å². The maximum Gasteiger partial charge on any atom is 0.253 e. The number of piperidine rings is 1. The number of hydrogen-bond donors (Lipinski definition) is 2. The van der Waals surface area contributed by atoms with E-state index < -0.39 is 0 Å². The number of likely N-dealkylation sites (tertiary alicyclic amines) is 1. The minimum Gasteiger partial charge on any atom is -0.348 e. The average Bonchev–Trinajstić information content (AvgIpc) is 3.19. The number of rotatable bonds is 5. The van der Waals surface area contributed by atoms with Gasteiger partial charge in [0.15, 0.2) is 0 Å². The van der Waals surface area contributed by atoms with Gasteiger partial charge >= 0.3 is 0 Å². The summed E-state index contributed by atoms with van der Waals surface area (Å²) in [6.45, 7) is 2.03. The lowest BCUT2D eigenvalue weighted by atomic mass is 9.51. The van der Waals surface area contributed by atoms with Crippen LogP contribution in [-0.2, 0) is 11.2 Å². The van der Waals surface area contributed by atoms with Crippen LogP contribution in [0.2, 0.25) is 0 Å². The van der Waals surface area contributed by atoms with Gasteiger partial charge in [-0.3, -0.25) is 9.59 Å². The predicted molar refractivity (Wildman–Crippen MR) is 121 cm³/mol. The molecule has 32 heavy (non-hydrogen) atoms. The van der Waals surface area contributed by atoms with E-state index in [0.717, 1.165) is 49.1 Å². The lowest BCUT2D eigenvalue weighted by molar-refractivity contribution is -0.131. The van der Waals surface area contributed by atoms with E-state index in [4.69, 9.17) is 5.73 Å². The van der Waals surface area contributed by atoms with Crippen molar-refractivity contribution in [2.75, 3.05) is 19.6 Å². The standard InChI is InChI=1S/C25H31N5O2/c26-19-3-1-5-29(14-19)23(31)12-20-11-22-21(4-2-6-30(22)28-20)25(32)27-13-18-9-15-7-16-10-17(8-15)24(16)18/h2,4,6,11,15-17,19H,1,3,5,7-10,12-14,26H2,(H,27,32)/t15?,16?,17?,19-/m1/s1. The molecule has 2 aromatic rings. The van der Waals surface area contributed by atoms with Crippen LogP contribution in [0.5, 0.6) is 0 Å². The van der Waals surface area contributed by atoms with Crippen molar-refractivity contribution in [1.82, 2.24) is 19.8 Å². The normalized spacial score (nSPS) is 28.7. The zero-order chi connectivity index (χ0) is 21.8. The maximum atomic E-state index is 13.1. The van der Waals surface area contributed by atoms with Gasteiger partial charge in [0.1, 0.15) is 0 Å². The van der Waals surface area contributed by atoms with E-state index in [2.05, 4.69) is 10.4 Å². The molecule has 6 aliphatic rings. The maximum absolute atomic E-state index is 13.1. The first kappa shape index (κ1) is 20.0. The van der Waals surface area contributed by atoms with E-state index in [1.54, 1.807) is 10.1 Å². The van der Waals surface area contributed by atoms with Gasteiger partial charge < -0.3 is 16.0 Å². The molecule has 3 atom stereocenters. The van der Waals surface area contributed by atoms with Gasteiger partial charge in [0.2, 0.25) is 5.91 Å². The van der Waals surface area contributed by atoms with Gasteiger partial charge in [-0.15, -0.1) is 0 Å². The van der Waals surface area contributed by atoms with Crippen molar-refractivity contribution in [2.45, 2.75) is 51.0 Å². The summed E-state index contributed by atoms with van der Waals surface area (Å²) < 4.78 is 1.71. The zero-order valence-electron chi connectivity index (χ0n) is 18.4. The summed E-state index contributed by atoms with van der Waals surface area (Å²) in [6, 6.07) is 5.61. The summed E-state index contributed by atoms with van der Waals surface area (Å²) in [7, 11) is 0. The minimum atomic E-state index is -0.0707. The van der Waals surface area contributed by atoms with Gasteiger partial charge in [-0.25, -0.2) is 4.52 Å². The number of allylic oxidation sites excluding steroid dienone is 1. The summed E-state index contributed by atoms with van der Waals surface area (Å²) in [5.74, 6) is 2.41. The van der Waals surface area contributed by atoms with E-state index >= 15 is 0 Å². The Morgan fingerprint density at radius 1 is 1.22 bits per heavy atom. The number of carbonyl (C=O) groups excluding carboxylic acids is 2. The molecule has 2 unspecified atom stereocenters. The lowest BCUT2D eigenvalue weighted by Crippen LogP contribution is -2.46. The molecule has 7 heteroatoms. The van der Waals surface area contributed by atoms with Gasteiger partial charge in [0.25, 0.3) is 5.91 Å². The van der Waals surface area contributed by atoms with Crippen molar-refractivity contribution in [2.24, 2.45) is 23.5 Å². The van der Waals surface area contributed by atoms with Gasteiger partial charge in [0, 0.05) is 31.9 Å². The minimum absolute atomic E-state index is 0.0499. The fourth-order valence-electron chi connectivity index (χ4n) is 6.63. The molecule has 7 nitrogen and oxygen atoms in total. The van der Waals surface area contributed by atoms with E-state index in [1.165, 1.54) is 24.8 Å². The van der Waals surface area contributed by atoms with Crippen LogP contribution < -0.4 is 11.1 Å². The third-order valence-electron chi connectivity index (χ3n) is 8.03. The second kappa shape index (κ2) is 7.73. The number of nitrogens with zero attached hydrogens (tertiary/aromatic N) is 3.